The summed E-state index contributed by atoms with van der Waals surface area (Å²) >= 11 is 0. The number of amides is 3. The molecular weight excluding hydrogens is 422 g/mol. The highest BCUT2D eigenvalue weighted by molar-refractivity contribution is 6.10. The minimum absolute atomic E-state index is 0.306. The fourth-order valence-electron chi connectivity index (χ4n) is 4.59. The highest BCUT2D eigenvalue weighted by atomic mass is 16.2. The van der Waals surface area contributed by atoms with Gasteiger partial charge in [0.2, 0.25) is 17.7 Å². The van der Waals surface area contributed by atoms with Crippen LogP contribution in [0.1, 0.15) is 175 Å². The van der Waals surface area contributed by atoms with Gasteiger partial charge in [-0.1, -0.05) is 142 Å². The van der Waals surface area contributed by atoms with Gasteiger partial charge in [0, 0.05) is 19.8 Å². The first-order valence-corrected chi connectivity index (χ1v) is 14.9. The molecule has 0 bridgehead atoms. The zero-order chi connectivity index (χ0) is 25.3. The Kier molecular flexibility index (Phi) is 24.0. The molecule has 0 aliphatic heterocycles. The van der Waals surface area contributed by atoms with Crippen LogP contribution in [0.5, 0.6) is 0 Å². The largest absolute Gasteiger partial charge is 0.274 e. The van der Waals surface area contributed by atoms with Gasteiger partial charge < -0.3 is 0 Å². The molecule has 200 valence electrons. The number of carbonyl (C=O) groups is 3. The Hall–Kier alpha value is -1.19. The maximum Gasteiger partial charge on any atom is 0.236 e. The van der Waals surface area contributed by atoms with Crippen LogP contribution < -0.4 is 0 Å². The fraction of sp³-hybridized carbons (Fsp3) is 0.900. The van der Waals surface area contributed by atoms with E-state index in [1.54, 1.807) is 0 Å². The van der Waals surface area contributed by atoms with Crippen LogP contribution in [0.15, 0.2) is 0 Å². The van der Waals surface area contributed by atoms with Crippen molar-refractivity contribution in [1.82, 2.24) is 4.90 Å². The normalized spacial score (nSPS) is 11.0. The minimum atomic E-state index is -0.429. The Balaban J connectivity index is 3.79. The lowest BCUT2D eigenvalue weighted by molar-refractivity contribution is -0.153. The number of hydrogen-bond acceptors (Lipinski definition) is 3. The first kappa shape index (κ1) is 32.8. The Morgan fingerprint density at radius 1 is 0.412 bits per heavy atom. The van der Waals surface area contributed by atoms with E-state index in [0.29, 0.717) is 12.8 Å². The van der Waals surface area contributed by atoms with E-state index < -0.39 is 5.91 Å². The van der Waals surface area contributed by atoms with Crippen molar-refractivity contribution in [1.29, 1.82) is 0 Å². The Morgan fingerprint density at radius 3 is 0.882 bits per heavy atom. The molecule has 0 radical (unpaired) electrons. The minimum Gasteiger partial charge on any atom is -0.274 e. The van der Waals surface area contributed by atoms with Crippen LogP contribution in [0, 0.1) is 0 Å². The molecule has 0 rings (SSSR count). The topological polar surface area (TPSA) is 54.5 Å². The van der Waals surface area contributed by atoms with Gasteiger partial charge >= 0.3 is 0 Å². The molecule has 0 fully saturated rings. The van der Waals surface area contributed by atoms with Crippen LogP contribution in [0.3, 0.4) is 0 Å². The summed E-state index contributed by atoms with van der Waals surface area (Å²) in [5.74, 6) is -1.05. The molecule has 0 atom stereocenters. The Morgan fingerprint density at radius 2 is 0.647 bits per heavy atom. The van der Waals surface area contributed by atoms with Gasteiger partial charge in [0.1, 0.15) is 0 Å². The second kappa shape index (κ2) is 24.9. The average Bonchev–Trinajstić information content (AvgIpc) is 2.80. The van der Waals surface area contributed by atoms with E-state index >= 15 is 0 Å². The number of hydrogen-bond donors (Lipinski definition) is 0. The Labute approximate surface area is 212 Å². The second-order valence-corrected chi connectivity index (χ2v) is 10.2. The molecule has 0 aliphatic carbocycles. The van der Waals surface area contributed by atoms with E-state index in [0.717, 1.165) is 43.4 Å². The summed E-state index contributed by atoms with van der Waals surface area (Å²) in [4.78, 5) is 37.8. The highest BCUT2D eigenvalue weighted by Gasteiger charge is 2.24. The maximum atomic E-state index is 12.5. The van der Waals surface area contributed by atoms with Gasteiger partial charge in [0.15, 0.2) is 0 Å². The highest BCUT2D eigenvalue weighted by Crippen LogP contribution is 2.15. The fourth-order valence-corrected chi connectivity index (χ4v) is 4.59. The number of imide groups is 3. The summed E-state index contributed by atoms with van der Waals surface area (Å²) in [6.45, 7) is 5.82. The van der Waals surface area contributed by atoms with Crippen LogP contribution in [-0.4, -0.2) is 22.6 Å². The van der Waals surface area contributed by atoms with Crippen molar-refractivity contribution in [2.45, 2.75) is 175 Å². The van der Waals surface area contributed by atoms with Gasteiger partial charge in [-0.25, -0.2) is 4.90 Å². The third-order valence-corrected chi connectivity index (χ3v) is 6.80. The number of carbonyl (C=O) groups excluding carboxylic acids is 3. The van der Waals surface area contributed by atoms with Crippen LogP contribution in [0.2, 0.25) is 0 Å². The summed E-state index contributed by atoms with van der Waals surface area (Å²) in [6.07, 6.45) is 27.5. The molecule has 34 heavy (non-hydrogen) atoms. The lowest BCUT2D eigenvalue weighted by atomic mass is 10.0. The summed E-state index contributed by atoms with van der Waals surface area (Å²) in [5, 5.41) is 0. The number of unbranched alkanes of at least 4 members (excludes halogenated alkanes) is 20. The summed E-state index contributed by atoms with van der Waals surface area (Å²) in [7, 11) is 0. The van der Waals surface area contributed by atoms with Gasteiger partial charge in [0.05, 0.1) is 0 Å². The molecule has 0 unspecified atom stereocenters. The van der Waals surface area contributed by atoms with E-state index in [-0.39, 0.29) is 11.8 Å². The lowest BCUT2D eigenvalue weighted by Crippen LogP contribution is -2.40. The predicted octanol–water partition coefficient (Wildman–Crippen LogP) is 9.29. The molecule has 0 aliphatic rings. The monoisotopic (exact) mass is 479 g/mol. The molecule has 0 aromatic rings. The third kappa shape index (κ3) is 20.2. The van der Waals surface area contributed by atoms with Crippen molar-refractivity contribution < 1.29 is 14.4 Å². The third-order valence-electron chi connectivity index (χ3n) is 6.80. The molecule has 0 spiro atoms. The van der Waals surface area contributed by atoms with Crippen LogP contribution in [0.25, 0.3) is 0 Å². The quantitative estimate of drug-likeness (QED) is 0.130. The van der Waals surface area contributed by atoms with Gasteiger partial charge in [-0.15, -0.1) is 0 Å². The van der Waals surface area contributed by atoms with Crippen LogP contribution in [-0.2, 0) is 14.4 Å². The Bertz CT molecular complexity index is 465. The van der Waals surface area contributed by atoms with Crippen LogP contribution >= 0.6 is 0 Å². The number of rotatable bonds is 24. The molecule has 0 aromatic heterocycles. The SMILES string of the molecule is CCCCCCCCCCCCCC(=O)N(C(C)=O)C(=O)CCCCCCCCCCCCC. The molecular formula is C30H57NO3. The molecule has 0 heterocycles. The smallest absolute Gasteiger partial charge is 0.236 e. The summed E-state index contributed by atoms with van der Waals surface area (Å²) < 4.78 is 0. The zero-order valence-corrected chi connectivity index (χ0v) is 23.1. The standard InChI is InChI=1S/C30H57NO3/c1-4-6-8-10-12-14-16-18-20-22-24-26-29(33)31(28(3)32)30(34)27-25-23-21-19-17-15-13-11-9-7-5-2/h4-27H2,1-3H3. The first-order chi connectivity index (χ1) is 16.5. The van der Waals surface area contributed by atoms with E-state index in [9.17, 15) is 14.4 Å². The lowest BCUT2D eigenvalue weighted by Gasteiger charge is -2.17. The van der Waals surface area contributed by atoms with Gasteiger partial charge in [-0.2, -0.15) is 0 Å². The number of nitrogens with zero attached hydrogens (tertiary/aromatic N) is 1. The van der Waals surface area contributed by atoms with E-state index in [2.05, 4.69) is 13.8 Å². The van der Waals surface area contributed by atoms with Crippen molar-refractivity contribution >= 4 is 17.7 Å². The second-order valence-electron chi connectivity index (χ2n) is 10.2. The van der Waals surface area contributed by atoms with Crippen molar-refractivity contribution in [2.24, 2.45) is 0 Å². The van der Waals surface area contributed by atoms with Gasteiger partial charge in [-0.3, -0.25) is 14.4 Å². The van der Waals surface area contributed by atoms with E-state index in [1.807, 2.05) is 0 Å². The predicted molar refractivity (Wildman–Crippen MR) is 145 cm³/mol. The molecule has 4 heteroatoms. The average molecular weight is 480 g/mol. The van der Waals surface area contributed by atoms with Crippen LogP contribution in [0.4, 0.5) is 0 Å². The van der Waals surface area contributed by atoms with Gasteiger partial charge in [-0.05, 0) is 12.8 Å². The molecule has 0 aromatic carbocycles. The summed E-state index contributed by atoms with van der Waals surface area (Å²) in [5.41, 5.74) is 0. The van der Waals surface area contributed by atoms with Gasteiger partial charge in [0.25, 0.3) is 0 Å². The molecule has 0 saturated heterocycles. The van der Waals surface area contributed by atoms with Crippen molar-refractivity contribution in [3.63, 3.8) is 0 Å². The maximum absolute atomic E-state index is 12.5. The zero-order valence-electron chi connectivity index (χ0n) is 23.1. The molecule has 3 amide bonds. The van der Waals surface area contributed by atoms with Crippen molar-refractivity contribution in [3.05, 3.63) is 0 Å². The van der Waals surface area contributed by atoms with Crippen molar-refractivity contribution in [3.8, 4) is 0 Å². The van der Waals surface area contributed by atoms with Crippen molar-refractivity contribution in [2.75, 3.05) is 0 Å². The first-order valence-electron chi connectivity index (χ1n) is 14.9. The van der Waals surface area contributed by atoms with E-state index in [4.69, 9.17) is 0 Å². The molecule has 0 saturated carbocycles. The molecule has 4 nitrogen and oxygen atoms in total. The molecule has 0 N–H and O–H groups in total. The summed E-state index contributed by atoms with van der Waals surface area (Å²) in [6, 6.07) is 0. The van der Waals surface area contributed by atoms with E-state index in [1.165, 1.54) is 110 Å².